The minimum absolute atomic E-state index is 0.134. The van der Waals surface area contributed by atoms with Gasteiger partial charge >= 0.3 is 0 Å². The Morgan fingerprint density at radius 3 is 2.27 bits per heavy atom. The lowest BCUT2D eigenvalue weighted by Crippen LogP contribution is -2.15. The van der Waals surface area contributed by atoms with Crippen LogP contribution in [0, 0.1) is 13.8 Å². The predicted molar refractivity (Wildman–Crippen MR) is 61.0 cm³/mol. The number of carbonyl (C=O) groups excluding carboxylic acids is 1. The maximum Gasteiger partial charge on any atom is 0.165 e. The fraction of sp³-hybridized carbons (Fsp3) is 0.462. The molecule has 0 aromatic heterocycles. The van der Waals surface area contributed by atoms with Gasteiger partial charge in [0.05, 0.1) is 0 Å². The maximum atomic E-state index is 11.7. The Balaban J connectivity index is 3.17. The van der Waals surface area contributed by atoms with Crippen molar-refractivity contribution in [1.82, 2.24) is 0 Å². The summed E-state index contributed by atoms with van der Waals surface area (Å²) in [6.07, 6.45) is 0.0999. The molecule has 82 valence electrons. The SMILES string of the molecule is CCC(=O)C(OC)c1c(C)cccc1C. The topological polar surface area (TPSA) is 26.3 Å². The second-order valence-electron chi connectivity index (χ2n) is 3.74. The minimum atomic E-state index is -0.406. The number of hydrogen-bond donors (Lipinski definition) is 0. The van der Waals surface area contributed by atoms with Crippen LogP contribution in [-0.2, 0) is 9.53 Å². The Bertz CT molecular complexity index is 335. The molecule has 0 N–H and O–H groups in total. The molecule has 15 heavy (non-hydrogen) atoms. The van der Waals surface area contributed by atoms with E-state index in [-0.39, 0.29) is 5.78 Å². The zero-order valence-corrected chi connectivity index (χ0v) is 9.83. The summed E-state index contributed by atoms with van der Waals surface area (Å²) >= 11 is 0. The fourth-order valence-corrected chi connectivity index (χ4v) is 1.84. The van der Waals surface area contributed by atoms with Crippen molar-refractivity contribution in [2.24, 2.45) is 0 Å². The van der Waals surface area contributed by atoms with E-state index in [0.29, 0.717) is 6.42 Å². The lowest BCUT2D eigenvalue weighted by Gasteiger charge is -2.18. The monoisotopic (exact) mass is 206 g/mol. The number of benzene rings is 1. The van der Waals surface area contributed by atoms with Gasteiger partial charge in [0, 0.05) is 13.5 Å². The molecular formula is C13H18O2. The highest BCUT2D eigenvalue weighted by Gasteiger charge is 2.21. The first-order valence-corrected chi connectivity index (χ1v) is 5.23. The Labute approximate surface area is 91.3 Å². The van der Waals surface area contributed by atoms with Crippen LogP contribution in [0.5, 0.6) is 0 Å². The van der Waals surface area contributed by atoms with Gasteiger partial charge in [0.1, 0.15) is 6.10 Å². The molecule has 1 rings (SSSR count). The molecule has 2 nitrogen and oxygen atoms in total. The van der Waals surface area contributed by atoms with Gasteiger partial charge in [-0.05, 0) is 30.5 Å². The van der Waals surface area contributed by atoms with Gasteiger partial charge in [-0.3, -0.25) is 4.79 Å². The van der Waals surface area contributed by atoms with Crippen molar-refractivity contribution in [2.45, 2.75) is 33.3 Å². The summed E-state index contributed by atoms with van der Waals surface area (Å²) in [6, 6.07) is 6.02. The normalized spacial score (nSPS) is 12.5. The molecule has 0 bridgehead atoms. The Hall–Kier alpha value is -1.15. The van der Waals surface area contributed by atoms with E-state index in [1.54, 1.807) is 7.11 Å². The highest BCUT2D eigenvalue weighted by molar-refractivity contribution is 5.84. The van der Waals surface area contributed by atoms with Crippen LogP contribution in [0.3, 0.4) is 0 Å². The molecule has 1 aromatic carbocycles. The van der Waals surface area contributed by atoms with Crippen LogP contribution >= 0.6 is 0 Å². The molecule has 0 aliphatic carbocycles. The third-order valence-electron chi connectivity index (χ3n) is 2.68. The average Bonchev–Trinajstić information content (AvgIpc) is 2.22. The second kappa shape index (κ2) is 5.08. The molecule has 1 unspecified atom stereocenters. The molecule has 2 heteroatoms. The van der Waals surface area contributed by atoms with Gasteiger partial charge in [0.2, 0.25) is 0 Å². The third-order valence-corrected chi connectivity index (χ3v) is 2.68. The summed E-state index contributed by atoms with van der Waals surface area (Å²) < 4.78 is 5.30. The molecule has 0 fully saturated rings. The molecule has 1 aromatic rings. The molecular weight excluding hydrogens is 188 g/mol. The van der Waals surface area contributed by atoms with E-state index in [1.165, 1.54) is 0 Å². The Kier molecular flexibility index (Phi) is 4.04. The predicted octanol–water partition coefficient (Wildman–Crippen LogP) is 2.97. The zero-order chi connectivity index (χ0) is 11.4. The molecule has 0 spiro atoms. The van der Waals surface area contributed by atoms with E-state index in [4.69, 9.17) is 4.74 Å². The maximum absolute atomic E-state index is 11.7. The van der Waals surface area contributed by atoms with Gasteiger partial charge < -0.3 is 4.74 Å². The summed E-state index contributed by atoms with van der Waals surface area (Å²) in [5.74, 6) is 0.134. The first-order valence-electron chi connectivity index (χ1n) is 5.23. The number of carbonyl (C=O) groups is 1. The number of rotatable bonds is 4. The molecule has 0 saturated heterocycles. The second-order valence-corrected chi connectivity index (χ2v) is 3.74. The van der Waals surface area contributed by atoms with Crippen LogP contribution in [-0.4, -0.2) is 12.9 Å². The minimum Gasteiger partial charge on any atom is -0.369 e. The van der Waals surface area contributed by atoms with Crippen molar-refractivity contribution >= 4 is 5.78 Å². The molecule has 0 amide bonds. The van der Waals surface area contributed by atoms with Gasteiger partial charge in [-0.15, -0.1) is 0 Å². The zero-order valence-electron chi connectivity index (χ0n) is 9.83. The summed E-state index contributed by atoms with van der Waals surface area (Å²) in [6.45, 7) is 5.89. The number of ketones is 1. The van der Waals surface area contributed by atoms with Crippen LogP contribution < -0.4 is 0 Å². The number of aryl methyl sites for hydroxylation is 2. The molecule has 0 aliphatic rings. The van der Waals surface area contributed by atoms with Crippen LogP contribution in [0.2, 0.25) is 0 Å². The standard InChI is InChI=1S/C13H18O2/c1-5-11(14)13(15-4)12-9(2)7-6-8-10(12)3/h6-8,13H,5H2,1-4H3. The van der Waals surface area contributed by atoms with Crippen LogP contribution in [0.4, 0.5) is 0 Å². The van der Waals surface area contributed by atoms with E-state index >= 15 is 0 Å². The molecule has 0 aliphatic heterocycles. The van der Waals surface area contributed by atoms with Crippen molar-refractivity contribution < 1.29 is 9.53 Å². The van der Waals surface area contributed by atoms with Crippen molar-refractivity contribution in [3.63, 3.8) is 0 Å². The van der Waals surface area contributed by atoms with Gasteiger partial charge in [-0.1, -0.05) is 25.1 Å². The quantitative estimate of drug-likeness (QED) is 0.757. The van der Waals surface area contributed by atoms with Gasteiger partial charge in [0.15, 0.2) is 5.78 Å². The number of hydrogen-bond acceptors (Lipinski definition) is 2. The van der Waals surface area contributed by atoms with Gasteiger partial charge in [0.25, 0.3) is 0 Å². The number of methoxy groups -OCH3 is 1. The summed E-state index contributed by atoms with van der Waals surface area (Å²) in [4.78, 5) is 11.7. The van der Waals surface area contributed by atoms with Crippen molar-refractivity contribution in [3.8, 4) is 0 Å². The lowest BCUT2D eigenvalue weighted by molar-refractivity contribution is -0.128. The largest absolute Gasteiger partial charge is 0.369 e. The van der Waals surface area contributed by atoms with Gasteiger partial charge in [-0.2, -0.15) is 0 Å². The van der Waals surface area contributed by atoms with Crippen LogP contribution in [0.25, 0.3) is 0 Å². The number of Topliss-reactive ketones (excluding diaryl/α,β-unsaturated/α-hetero) is 1. The van der Waals surface area contributed by atoms with Crippen LogP contribution in [0.15, 0.2) is 18.2 Å². The van der Waals surface area contributed by atoms with E-state index in [0.717, 1.165) is 16.7 Å². The van der Waals surface area contributed by atoms with E-state index in [9.17, 15) is 4.79 Å². The van der Waals surface area contributed by atoms with Crippen molar-refractivity contribution in [1.29, 1.82) is 0 Å². The van der Waals surface area contributed by atoms with Crippen molar-refractivity contribution in [2.75, 3.05) is 7.11 Å². The Morgan fingerprint density at radius 2 is 1.87 bits per heavy atom. The third kappa shape index (κ3) is 2.45. The van der Waals surface area contributed by atoms with E-state index in [1.807, 2.05) is 39.0 Å². The number of ether oxygens (including phenoxy) is 1. The highest BCUT2D eigenvalue weighted by Crippen LogP contribution is 2.25. The molecule has 0 radical (unpaired) electrons. The molecule has 0 saturated carbocycles. The van der Waals surface area contributed by atoms with E-state index < -0.39 is 6.10 Å². The first kappa shape index (κ1) is 11.9. The highest BCUT2D eigenvalue weighted by atomic mass is 16.5. The Morgan fingerprint density at radius 1 is 1.33 bits per heavy atom. The molecule has 1 atom stereocenters. The van der Waals surface area contributed by atoms with Gasteiger partial charge in [-0.25, -0.2) is 0 Å². The van der Waals surface area contributed by atoms with Crippen LogP contribution in [0.1, 0.15) is 36.1 Å². The van der Waals surface area contributed by atoms with E-state index in [2.05, 4.69) is 0 Å². The summed E-state index contributed by atoms with van der Waals surface area (Å²) in [7, 11) is 1.59. The van der Waals surface area contributed by atoms with Crippen molar-refractivity contribution in [3.05, 3.63) is 34.9 Å². The summed E-state index contributed by atoms with van der Waals surface area (Å²) in [5, 5.41) is 0. The fourth-order valence-electron chi connectivity index (χ4n) is 1.84. The smallest absolute Gasteiger partial charge is 0.165 e. The lowest BCUT2D eigenvalue weighted by atomic mass is 9.95. The molecule has 0 heterocycles. The summed E-state index contributed by atoms with van der Waals surface area (Å²) in [5.41, 5.74) is 3.25. The first-order chi connectivity index (χ1) is 7.11. The average molecular weight is 206 g/mol.